The molecule has 98 valence electrons. The molecule has 2 aliphatic heterocycles. The molecule has 4 heteroatoms. The molecular weight excluding hydrogens is 282 g/mol. The molecule has 3 nitrogen and oxygen atoms in total. The number of nitrogens with zero attached hydrogens (tertiary/aromatic N) is 1. The first-order chi connectivity index (χ1) is 8.19. The summed E-state index contributed by atoms with van der Waals surface area (Å²) >= 11 is 3.54. The summed E-state index contributed by atoms with van der Waals surface area (Å²) in [7, 11) is 0. The van der Waals surface area contributed by atoms with E-state index in [0.29, 0.717) is 17.9 Å². The second-order valence-electron chi connectivity index (χ2n) is 5.23. The van der Waals surface area contributed by atoms with Gasteiger partial charge in [-0.25, -0.2) is 0 Å². The Morgan fingerprint density at radius 1 is 1.47 bits per heavy atom. The maximum Gasteiger partial charge on any atom is 0.228 e. The number of halogens is 1. The monoisotopic (exact) mass is 303 g/mol. The number of rotatable bonds is 3. The van der Waals surface area contributed by atoms with Crippen LogP contribution in [0.1, 0.15) is 33.1 Å². The van der Waals surface area contributed by atoms with Crippen LogP contribution >= 0.6 is 15.9 Å². The topological polar surface area (TPSA) is 29.5 Å². The van der Waals surface area contributed by atoms with E-state index in [-0.39, 0.29) is 12.0 Å². The van der Waals surface area contributed by atoms with E-state index >= 15 is 0 Å². The molecule has 17 heavy (non-hydrogen) atoms. The molecule has 4 unspecified atom stereocenters. The standard InChI is InChI=1S/C13H22BrNO2/c1-3-12-10(5-7-17-12)13(16)15-6-4-9(2)11(15)8-14/h9-12H,3-8H2,1-2H3. The summed E-state index contributed by atoms with van der Waals surface area (Å²) in [5.74, 6) is 1.04. The van der Waals surface area contributed by atoms with Gasteiger partial charge in [0.15, 0.2) is 0 Å². The second kappa shape index (κ2) is 5.70. The van der Waals surface area contributed by atoms with Crippen molar-refractivity contribution in [2.45, 2.75) is 45.3 Å². The Balaban J connectivity index is 2.04. The van der Waals surface area contributed by atoms with Gasteiger partial charge >= 0.3 is 0 Å². The maximum atomic E-state index is 12.6. The Morgan fingerprint density at radius 3 is 2.88 bits per heavy atom. The van der Waals surface area contributed by atoms with Crippen LogP contribution in [0.2, 0.25) is 0 Å². The lowest BCUT2D eigenvalue weighted by molar-refractivity contribution is -0.138. The Bertz CT molecular complexity index is 285. The fourth-order valence-corrected chi connectivity index (χ4v) is 4.05. The van der Waals surface area contributed by atoms with Crippen LogP contribution in [0.15, 0.2) is 0 Å². The molecule has 2 rings (SSSR count). The summed E-state index contributed by atoms with van der Waals surface area (Å²) in [4.78, 5) is 14.6. The first-order valence-corrected chi connectivity index (χ1v) is 7.79. The van der Waals surface area contributed by atoms with Crippen molar-refractivity contribution in [1.82, 2.24) is 4.90 Å². The normalized spacial score (nSPS) is 37.7. The molecule has 2 heterocycles. The zero-order valence-corrected chi connectivity index (χ0v) is 12.3. The zero-order valence-electron chi connectivity index (χ0n) is 10.7. The molecule has 0 saturated carbocycles. The van der Waals surface area contributed by atoms with Crippen molar-refractivity contribution in [2.75, 3.05) is 18.5 Å². The number of carbonyl (C=O) groups is 1. The second-order valence-corrected chi connectivity index (χ2v) is 5.88. The Hall–Kier alpha value is -0.0900. The van der Waals surface area contributed by atoms with Gasteiger partial charge in [-0.05, 0) is 25.2 Å². The van der Waals surface area contributed by atoms with Crippen molar-refractivity contribution >= 4 is 21.8 Å². The molecule has 4 atom stereocenters. The van der Waals surface area contributed by atoms with Crippen LogP contribution in [0.5, 0.6) is 0 Å². The quantitative estimate of drug-likeness (QED) is 0.750. The van der Waals surface area contributed by atoms with Crippen molar-refractivity contribution in [2.24, 2.45) is 11.8 Å². The van der Waals surface area contributed by atoms with Gasteiger partial charge in [-0.3, -0.25) is 4.79 Å². The minimum atomic E-state index is 0.104. The van der Waals surface area contributed by atoms with E-state index in [2.05, 4.69) is 34.7 Å². The number of carbonyl (C=O) groups excluding carboxylic acids is 1. The average Bonchev–Trinajstić information content (AvgIpc) is 2.93. The molecule has 0 N–H and O–H groups in total. The molecule has 0 aromatic heterocycles. The number of likely N-dealkylation sites (tertiary alicyclic amines) is 1. The molecule has 2 aliphatic rings. The Kier molecular flexibility index (Phi) is 4.47. The molecule has 0 aromatic carbocycles. The third-order valence-corrected chi connectivity index (χ3v) is 4.92. The SMILES string of the molecule is CCC1OCCC1C(=O)N1CCC(C)C1CBr. The smallest absolute Gasteiger partial charge is 0.228 e. The predicted octanol–water partition coefficient (Wildman–Crippen LogP) is 2.43. The summed E-state index contributed by atoms with van der Waals surface area (Å²) < 4.78 is 5.63. The van der Waals surface area contributed by atoms with Crippen LogP contribution in [0.25, 0.3) is 0 Å². The number of alkyl halides is 1. The average molecular weight is 304 g/mol. The van der Waals surface area contributed by atoms with Crippen molar-refractivity contribution in [3.8, 4) is 0 Å². The first kappa shape index (κ1) is 13.3. The Labute approximate surface area is 112 Å². The van der Waals surface area contributed by atoms with Crippen LogP contribution in [0.3, 0.4) is 0 Å². The first-order valence-electron chi connectivity index (χ1n) is 6.67. The van der Waals surface area contributed by atoms with E-state index in [1.807, 2.05) is 0 Å². The van der Waals surface area contributed by atoms with Crippen LogP contribution < -0.4 is 0 Å². The molecule has 2 saturated heterocycles. The maximum absolute atomic E-state index is 12.6. The van der Waals surface area contributed by atoms with Crippen LogP contribution in [0.4, 0.5) is 0 Å². The minimum absolute atomic E-state index is 0.104. The van der Waals surface area contributed by atoms with Crippen LogP contribution in [-0.4, -0.2) is 41.4 Å². The lowest BCUT2D eigenvalue weighted by Gasteiger charge is -2.29. The fourth-order valence-electron chi connectivity index (χ4n) is 3.06. The molecule has 2 fully saturated rings. The fraction of sp³-hybridized carbons (Fsp3) is 0.923. The number of hydrogen-bond acceptors (Lipinski definition) is 2. The van der Waals surface area contributed by atoms with Crippen molar-refractivity contribution in [1.29, 1.82) is 0 Å². The van der Waals surface area contributed by atoms with Gasteiger partial charge in [0, 0.05) is 24.5 Å². The van der Waals surface area contributed by atoms with Gasteiger partial charge in [0.1, 0.15) is 0 Å². The van der Waals surface area contributed by atoms with Gasteiger partial charge in [-0.1, -0.05) is 29.8 Å². The molecule has 1 amide bonds. The lowest BCUT2D eigenvalue weighted by Crippen LogP contribution is -2.44. The number of amides is 1. The van der Waals surface area contributed by atoms with Gasteiger partial charge in [0.05, 0.1) is 12.0 Å². The third kappa shape index (κ3) is 2.53. The van der Waals surface area contributed by atoms with E-state index in [9.17, 15) is 4.79 Å². The summed E-state index contributed by atoms with van der Waals surface area (Å²) in [6.07, 6.45) is 3.12. The third-order valence-electron chi connectivity index (χ3n) is 4.25. The van der Waals surface area contributed by atoms with Gasteiger partial charge < -0.3 is 9.64 Å². The molecule has 0 radical (unpaired) electrons. The molecule has 0 bridgehead atoms. The highest BCUT2D eigenvalue weighted by atomic mass is 79.9. The van der Waals surface area contributed by atoms with E-state index in [1.165, 1.54) is 0 Å². The lowest BCUT2D eigenvalue weighted by atomic mass is 9.97. The summed E-state index contributed by atoms with van der Waals surface area (Å²) in [6, 6.07) is 0.376. The van der Waals surface area contributed by atoms with Crippen LogP contribution in [0, 0.1) is 11.8 Å². The van der Waals surface area contributed by atoms with E-state index in [0.717, 1.165) is 37.7 Å². The summed E-state index contributed by atoms with van der Waals surface area (Å²) in [5.41, 5.74) is 0. The molecule has 0 spiro atoms. The van der Waals surface area contributed by atoms with Crippen molar-refractivity contribution in [3.05, 3.63) is 0 Å². The van der Waals surface area contributed by atoms with Crippen molar-refractivity contribution < 1.29 is 9.53 Å². The van der Waals surface area contributed by atoms with Crippen molar-refractivity contribution in [3.63, 3.8) is 0 Å². The molecule has 0 aliphatic carbocycles. The van der Waals surface area contributed by atoms with Gasteiger partial charge in [0.2, 0.25) is 5.91 Å². The van der Waals surface area contributed by atoms with E-state index in [4.69, 9.17) is 4.74 Å². The summed E-state index contributed by atoms with van der Waals surface area (Å²) in [5, 5.41) is 0.893. The van der Waals surface area contributed by atoms with Gasteiger partial charge in [-0.2, -0.15) is 0 Å². The van der Waals surface area contributed by atoms with Gasteiger partial charge in [-0.15, -0.1) is 0 Å². The molecular formula is C13H22BrNO2. The van der Waals surface area contributed by atoms with E-state index < -0.39 is 0 Å². The highest BCUT2D eigenvalue weighted by Gasteiger charge is 2.41. The zero-order chi connectivity index (χ0) is 12.4. The highest BCUT2D eigenvalue weighted by molar-refractivity contribution is 9.09. The number of hydrogen-bond donors (Lipinski definition) is 0. The number of ether oxygens (including phenoxy) is 1. The summed E-state index contributed by atoms with van der Waals surface area (Å²) in [6.45, 7) is 6.01. The largest absolute Gasteiger partial charge is 0.377 e. The Morgan fingerprint density at radius 2 is 2.24 bits per heavy atom. The highest BCUT2D eigenvalue weighted by Crippen LogP contribution is 2.31. The van der Waals surface area contributed by atoms with E-state index in [1.54, 1.807) is 0 Å². The predicted molar refractivity (Wildman–Crippen MR) is 71.2 cm³/mol. The van der Waals surface area contributed by atoms with Gasteiger partial charge in [0.25, 0.3) is 0 Å². The molecule has 0 aromatic rings. The minimum Gasteiger partial charge on any atom is -0.377 e. The van der Waals surface area contributed by atoms with Crippen LogP contribution in [-0.2, 0) is 9.53 Å².